The number of phenols is 2. The fourth-order valence-corrected chi connectivity index (χ4v) is 2.72. The number of rotatable bonds is 11. The predicted octanol–water partition coefficient (Wildman–Crippen LogP) is 4.24. The molecule has 0 aromatic heterocycles. The smallest absolute Gasteiger partial charge is 0.331 e. The van der Waals surface area contributed by atoms with Gasteiger partial charge in [0.2, 0.25) is 5.91 Å². The highest BCUT2D eigenvalue weighted by Crippen LogP contribution is 2.23. The Morgan fingerprint density at radius 2 is 1.62 bits per heavy atom. The molecule has 1 aromatic carbocycles. The minimum atomic E-state index is -0.979. The molecule has 0 bridgehead atoms. The average molecular weight is 402 g/mol. The quantitative estimate of drug-likeness (QED) is 0.252. The van der Waals surface area contributed by atoms with Crippen molar-refractivity contribution < 1.29 is 24.9 Å². The van der Waals surface area contributed by atoms with E-state index in [2.05, 4.69) is 11.4 Å². The Morgan fingerprint density at radius 3 is 2.28 bits per heavy atom. The van der Waals surface area contributed by atoms with E-state index in [0.717, 1.165) is 18.4 Å². The van der Waals surface area contributed by atoms with Gasteiger partial charge in [-0.3, -0.25) is 4.79 Å². The van der Waals surface area contributed by atoms with Gasteiger partial charge in [-0.1, -0.05) is 29.4 Å². The van der Waals surface area contributed by atoms with Crippen molar-refractivity contribution in [3.05, 3.63) is 58.7 Å². The first-order valence-electron chi connectivity index (χ1n) is 9.68. The topological polar surface area (TPSA) is 107 Å². The van der Waals surface area contributed by atoms with Crippen LogP contribution in [0.25, 0.3) is 0 Å². The van der Waals surface area contributed by atoms with Crippen LogP contribution in [0.2, 0.25) is 0 Å². The van der Waals surface area contributed by atoms with Crippen LogP contribution < -0.4 is 5.32 Å². The summed E-state index contributed by atoms with van der Waals surface area (Å²) in [6.45, 7) is 6.04. The molecular weight excluding hydrogens is 370 g/mol. The minimum Gasteiger partial charge on any atom is -0.508 e. The maximum atomic E-state index is 11.5. The molecule has 0 spiro atoms. The maximum Gasteiger partial charge on any atom is 0.331 e. The highest BCUT2D eigenvalue weighted by atomic mass is 16.4. The molecule has 0 aliphatic heterocycles. The van der Waals surface area contributed by atoms with Crippen LogP contribution in [0.1, 0.15) is 52.0 Å². The Hall–Kier alpha value is -3.02. The summed E-state index contributed by atoms with van der Waals surface area (Å²) in [4.78, 5) is 22.4. The van der Waals surface area contributed by atoms with E-state index in [4.69, 9.17) is 0 Å². The van der Waals surface area contributed by atoms with E-state index in [-0.39, 0.29) is 29.4 Å². The molecule has 0 unspecified atom stereocenters. The Morgan fingerprint density at radius 1 is 0.966 bits per heavy atom. The van der Waals surface area contributed by atoms with E-state index in [1.165, 1.54) is 30.7 Å². The fourth-order valence-electron chi connectivity index (χ4n) is 2.72. The molecule has 1 amide bonds. The number of carbonyl (C=O) groups excluding carboxylic acids is 1. The van der Waals surface area contributed by atoms with Gasteiger partial charge >= 0.3 is 5.97 Å². The van der Waals surface area contributed by atoms with Crippen molar-refractivity contribution in [3.8, 4) is 11.5 Å². The average Bonchev–Trinajstić information content (AvgIpc) is 2.65. The van der Waals surface area contributed by atoms with Gasteiger partial charge in [-0.05, 0) is 64.2 Å². The lowest BCUT2D eigenvalue weighted by atomic mass is 10.0. The van der Waals surface area contributed by atoms with Gasteiger partial charge in [0.15, 0.2) is 0 Å². The number of phenolic OH excluding ortho intramolecular Hbond substituents is 2. The van der Waals surface area contributed by atoms with Crippen molar-refractivity contribution in [1.82, 2.24) is 5.32 Å². The predicted molar refractivity (Wildman–Crippen MR) is 114 cm³/mol. The molecule has 0 saturated carbocycles. The molecule has 1 rings (SSSR count). The van der Waals surface area contributed by atoms with Gasteiger partial charge in [0.1, 0.15) is 11.5 Å². The molecule has 1 aromatic rings. The number of carboxylic acids is 1. The largest absolute Gasteiger partial charge is 0.508 e. The van der Waals surface area contributed by atoms with Gasteiger partial charge in [0.05, 0.1) is 0 Å². The number of hydrogen-bond donors (Lipinski definition) is 4. The molecule has 0 aliphatic carbocycles. The minimum absolute atomic E-state index is 0.0291. The van der Waals surface area contributed by atoms with E-state index >= 15 is 0 Å². The summed E-state index contributed by atoms with van der Waals surface area (Å²) in [5.41, 5.74) is 3.06. The SMILES string of the molecule is CC(=O)NC/C(C)=C/CC/C(C)=C/CCC(=CCc1cc(O)ccc1O)C(=O)O. The molecule has 4 N–H and O–H groups in total. The third-order valence-corrected chi connectivity index (χ3v) is 4.46. The number of carbonyl (C=O) groups is 2. The molecule has 6 nitrogen and oxygen atoms in total. The van der Waals surface area contributed by atoms with Crippen LogP contribution in [-0.4, -0.2) is 33.7 Å². The lowest BCUT2D eigenvalue weighted by Gasteiger charge is -2.05. The second kappa shape index (κ2) is 12.4. The van der Waals surface area contributed by atoms with Crippen LogP contribution in [-0.2, 0) is 16.0 Å². The third kappa shape index (κ3) is 10.2. The number of aliphatic carboxylic acids is 1. The number of carboxylic acid groups (broad SMARTS) is 1. The van der Waals surface area contributed by atoms with Crippen molar-refractivity contribution in [1.29, 1.82) is 0 Å². The van der Waals surface area contributed by atoms with Crippen LogP contribution in [0.3, 0.4) is 0 Å². The molecule has 29 heavy (non-hydrogen) atoms. The zero-order valence-electron chi connectivity index (χ0n) is 17.4. The molecule has 158 valence electrons. The lowest BCUT2D eigenvalue weighted by molar-refractivity contribution is -0.132. The van der Waals surface area contributed by atoms with Gasteiger partial charge in [0, 0.05) is 24.6 Å². The van der Waals surface area contributed by atoms with Crippen molar-refractivity contribution in [2.75, 3.05) is 6.54 Å². The Labute approximate surface area is 172 Å². The number of allylic oxidation sites excluding steroid dienone is 4. The number of nitrogens with one attached hydrogen (secondary N) is 1. The summed E-state index contributed by atoms with van der Waals surface area (Å²) in [5, 5.41) is 31.4. The van der Waals surface area contributed by atoms with E-state index < -0.39 is 5.97 Å². The summed E-state index contributed by atoms with van der Waals surface area (Å²) >= 11 is 0. The summed E-state index contributed by atoms with van der Waals surface area (Å²) in [6, 6.07) is 4.19. The molecule has 0 fully saturated rings. The van der Waals surface area contributed by atoms with Crippen molar-refractivity contribution >= 4 is 11.9 Å². The van der Waals surface area contributed by atoms with Gasteiger partial charge in [-0.15, -0.1) is 0 Å². The van der Waals surface area contributed by atoms with E-state index in [9.17, 15) is 24.9 Å². The van der Waals surface area contributed by atoms with Crippen LogP contribution in [0.15, 0.2) is 53.1 Å². The molecule has 0 atom stereocenters. The Balaban J connectivity index is 2.54. The Bertz CT molecular complexity index is 805. The summed E-state index contributed by atoms with van der Waals surface area (Å²) < 4.78 is 0. The molecule has 0 radical (unpaired) electrons. The van der Waals surface area contributed by atoms with Gasteiger partial charge < -0.3 is 20.6 Å². The highest BCUT2D eigenvalue weighted by Gasteiger charge is 2.08. The lowest BCUT2D eigenvalue weighted by Crippen LogP contribution is -2.21. The molecule has 0 aliphatic rings. The molecular formula is C23H31NO5. The van der Waals surface area contributed by atoms with E-state index in [1.807, 2.05) is 19.9 Å². The summed E-state index contributed by atoms with van der Waals surface area (Å²) in [5.74, 6) is -0.966. The van der Waals surface area contributed by atoms with Gasteiger partial charge in [0.25, 0.3) is 0 Å². The number of amides is 1. The van der Waals surface area contributed by atoms with Crippen molar-refractivity contribution in [3.63, 3.8) is 0 Å². The second-order valence-corrected chi connectivity index (χ2v) is 7.14. The van der Waals surface area contributed by atoms with Crippen LogP contribution in [0, 0.1) is 0 Å². The third-order valence-electron chi connectivity index (χ3n) is 4.46. The number of benzene rings is 1. The van der Waals surface area contributed by atoms with Crippen LogP contribution in [0.5, 0.6) is 11.5 Å². The van der Waals surface area contributed by atoms with Gasteiger partial charge in [-0.25, -0.2) is 4.79 Å². The molecule has 0 heterocycles. The normalized spacial score (nSPS) is 12.7. The number of aromatic hydroxyl groups is 2. The highest BCUT2D eigenvalue weighted by molar-refractivity contribution is 5.86. The first kappa shape index (κ1) is 24.0. The van der Waals surface area contributed by atoms with Crippen LogP contribution in [0.4, 0.5) is 0 Å². The second-order valence-electron chi connectivity index (χ2n) is 7.14. The summed E-state index contributed by atoms with van der Waals surface area (Å²) in [6.07, 6.45) is 8.70. The van der Waals surface area contributed by atoms with E-state index in [1.54, 1.807) is 6.08 Å². The summed E-state index contributed by atoms with van der Waals surface area (Å²) in [7, 11) is 0. The zero-order valence-corrected chi connectivity index (χ0v) is 17.4. The monoisotopic (exact) mass is 401 g/mol. The van der Waals surface area contributed by atoms with Crippen molar-refractivity contribution in [2.24, 2.45) is 0 Å². The van der Waals surface area contributed by atoms with E-state index in [0.29, 0.717) is 24.9 Å². The van der Waals surface area contributed by atoms with Crippen LogP contribution >= 0.6 is 0 Å². The first-order chi connectivity index (χ1) is 13.7. The van der Waals surface area contributed by atoms with Gasteiger partial charge in [-0.2, -0.15) is 0 Å². The Kier molecular flexibility index (Phi) is 10.3. The zero-order chi connectivity index (χ0) is 21.8. The maximum absolute atomic E-state index is 11.5. The number of hydrogen-bond acceptors (Lipinski definition) is 4. The fraction of sp³-hybridized carbons (Fsp3) is 0.391. The molecule has 0 saturated heterocycles. The standard InChI is InChI=1S/C23H31NO5/c1-16(6-4-8-17(2)15-24-18(3)25)7-5-9-19(23(28)29)10-11-20-14-21(26)12-13-22(20)27/h7-8,10,12-14,26-27H,4-6,9,11,15H2,1-3H3,(H,24,25)(H,28,29)/b16-7+,17-8+,19-10?. The van der Waals surface area contributed by atoms with Crippen molar-refractivity contribution in [2.45, 2.75) is 52.9 Å². The first-order valence-corrected chi connectivity index (χ1v) is 9.68. The molecule has 6 heteroatoms.